The predicted molar refractivity (Wildman–Crippen MR) is 108 cm³/mol. The third-order valence-corrected chi connectivity index (χ3v) is 5.84. The maximum Gasteiger partial charge on any atom is 0.237 e. The lowest BCUT2D eigenvalue weighted by molar-refractivity contribution is -0.140. The van der Waals surface area contributed by atoms with Crippen molar-refractivity contribution in [2.24, 2.45) is 16.1 Å². The van der Waals surface area contributed by atoms with E-state index < -0.39 is 16.8 Å². The lowest BCUT2D eigenvalue weighted by Gasteiger charge is -2.46. The maximum absolute atomic E-state index is 14.9. The van der Waals surface area contributed by atoms with Gasteiger partial charge in [-0.1, -0.05) is 24.3 Å². The normalized spacial score (nSPS) is 21.4. The summed E-state index contributed by atoms with van der Waals surface area (Å²) in [5, 5.41) is 0. The largest absolute Gasteiger partial charge is 0.497 e. The van der Waals surface area contributed by atoms with E-state index in [9.17, 15) is 9.18 Å². The molecule has 1 aliphatic rings. The summed E-state index contributed by atoms with van der Waals surface area (Å²) in [4.78, 5) is 18.7. The maximum atomic E-state index is 14.9. The summed E-state index contributed by atoms with van der Waals surface area (Å²) >= 11 is 0. The third-order valence-electron chi connectivity index (χ3n) is 5.84. The van der Waals surface area contributed by atoms with Gasteiger partial charge in [-0.2, -0.15) is 0 Å². The zero-order valence-corrected chi connectivity index (χ0v) is 16.9. The lowest BCUT2D eigenvalue weighted by Crippen LogP contribution is -2.58. The van der Waals surface area contributed by atoms with E-state index in [2.05, 4.69) is 4.99 Å². The Balaban J connectivity index is 2.07. The number of hydrogen-bond acceptors (Lipinski definition) is 4. The fourth-order valence-corrected chi connectivity index (χ4v) is 3.65. The molecule has 0 radical (unpaired) electrons. The Morgan fingerprint density at radius 3 is 2.50 bits per heavy atom. The summed E-state index contributed by atoms with van der Waals surface area (Å²) in [6.07, 6.45) is 0.605. The molecule has 0 saturated heterocycles. The van der Waals surface area contributed by atoms with Crippen molar-refractivity contribution in [3.05, 3.63) is 65.0 Å². The first kappa shape index (κ1) is 19.9. The van der Waals surface area contributed by atoms with Gasteiger partial charge in [0.15, 0.2) is 5.96 Å². The topological polar surface area (TPSA) is 67.9 Å². The average Bonchev–Trinajstić information content (AvgIpc) is 2.67. The summed E-state index contributed by atoms with van der Waals surface area (Å²) in [5.41, 5.74) is 6.22. The van der Waals surface area contributed by atoms with Gasteiger partial charge in [0.1, 0.15) is 17.1 Å². The van der Waals surface area contributed by atoms with Gasteiger partial charge in [0.2, 0.25) is 5.91 Å². The van der Waals surface area contributed by atoms with Crippen molar-refractivity contribution in [1.82, 2.24) is 4.90 Å². The molecule has 5 nitrogen and oxygen atoms in total. The van der Waals surface area contributed by atoms with Crippen molar-refractivity contribution in [2.45, 2.75) is 32.7 Å². The van der Waals surface area contributed by atoms with Gasteiger partial charge in [-0.25, -0.2) is 9.38 Å². The average molecular weight is 383 g/mol. The van der Waals surface area contributed by atoms with Crippen LogP contribution in [-0.4, -0.2) is 30.9 Å². The first-order valence-corrected chi connectivity index (χ1v) is 9.15. The molecule has 1 aliphatic heterocycles. The zero-order chi connectivity index (χ0) is 20.7. The summed E-state index contributed by atoms with van der Waals surface area (Å²) in [6, 6.07) is 12.7. The van der Waals surface area contributed by atoms with Crippen molar-refractivity contribution in [2.75, 3.05) is 14.2 Å². The van der Waals surface area contributed by atoms with Crippen LogP contribution in [0.2, 0.25) is 0 Å². The van der Waals surface area contributed by atoms with Gasteiger partial charge in [0, 0.05) is 12.6 Å². The molecule has 3 rings (SSSR count). The molecular formula is C22H26FN3O2. The molecule has 1 amide bonds. The van der Waals surface area contributed by atoms with E-state index in [1.54, 1.807) is 47.1 Å². The van der Waals surface area contributed by atoms with Crippen LogP contribution >= 0.6 is 0 Å². The molecule has 0 spiro atoms. The number of nitrogens with two attached hydrogens (primary N) is 1. The zero-order valence-electron chi connectivity index (χ0n) is 16.9. The fraction of sp³-hybridized carbons (Fsp3) is 0.364. The van der Waals surface area contributed by atoms with Crippen LogP contribution in [0, 0.1) is 11.2 Å². The summed E-state index contributed by atoms with van der Waals surface area (Å²) in [5.74, 6) is 0.259. The van der Waals surface area contributed by atoms with E-state index >= 15 is 0 Å². The molecule has 6 heteroatoms. The molecule has 2 N–H and O–H groups in total. The summed E-state index contributed by atoms with van der Waals surface area (Å²) in [6.45, 7) is 5.31. The van der Waals surface area contributed by atoms with Crippen LogP contribution in [0.25, 0.3) is 0 Å². The van der Waals surface area contributed by atoms with Crippen molar-refractivity contribution in [3.63, 3.8) is 0 Å². The van der Waals surface area contributed by atoms with E-state index in [1.165, 1.54) is 11.0 Å². The van der Waals surface area contributed by atoms with Crippen molar-refractivity contribution < 1.29 is 13.9 Å². The molecule has 0 bridgehead atoms. The second-order valence-corrected chi connectivity index (χ2v) is 7.87. The third kappa shape index (κ3) is 3.13. The van der Waals surface area contributed by atoms with Gasteiger partial charge in [-0.05, 0) is 56.5 Å². The number of halogens is 1. The molecule has 148 valence electrons. The highest BCUT2D eigenvalue weighted by Crippen LogP contribution is 2.47. The number of guanidine groups is 1. The molecule has 1 heterocycles. The molecular weight excluding hydrogens is 357 g/mol. The number of carbonyl (C=O) groups excluding carboxylic acids is 1. The molecule has 2 aromatic carbocycles. The van der Waals surface area contributed by atoms with Gasteiger partial charge < -0.3 is 10.5 Å². The summed E-state index contributed by atoms with van der Waals surface area (Å²) in [7, 11) is 3.20. The number of benzene rings is 2. The van der Waals surface area contributed by atoms with Gasteiger partial charge >= 0.3 is 0 Å². The minimum absolute atomic E-state index is 0.0874. The summed E-state index contributed by atoms with van der Waals surface area (Å²) < 4.78 is 20.2. The van der Waals surface area contributed by atoms with E-state index in [-0.39, 0.29) is 11.9 Å². The number of amides is 1. The number of methoxy groups -OCH3 is 1. The van der Waals surface area contributed by atoms with Gasteiger partial charge in [-0.15, -0.1) is 0 Å². The smallest absolute Gasteiger partial charge is 0.237 e. The minimum atomic E-state index is -1.12. The number of nitrogens with zero attached hydrogens (tertiary/aromatic N) is 2. The lowest BCUT2D eigenvalue weighted by atomic mass is 9.67. The van der Waals surface area contributed by atoms with Gasteiger partial charge in [0.25, 0.3) is 0 Å². The number of rotatable bonds is 4. The molecule has 2 aromatic rings. The molecule has 0 fully saturated rings. The minimum Gasteiger partial charge on any atom is -0.497 e. The first-order chi connectivity index (χ1) is 13.1. The first-order valence-electron chi connectivity index (χ1n) is 9.15. The van der Waals surface area contributed by atoms with Crippen LogP contribution in [0.3, 0.4) is 0 Å². The molecule has 0 unspecified atom stereocenters. The highest BCUT2D eigenvalue weighted by Gasteiger charge is 2.53. The van der Waals surface area contributed by atoms with E-state index in [1.807, 2.05) is 24.3 Å². The van der Waals surface area contributed by atoms with Crippen LogP contribution in [0.1, 0.15) is 37.5 Å². The second kappa shape index (κ2) is 6.93. The van der Waals surface area contributed by atoms with E-state index in [4.69, 9.17) is 10.5 Å². The molecule has 0 saturated carbocycles. The Bertz CT molecular complexity index is 955. The number of aliphatic imine (C=N–C) groups is 1. The van der Waals surface area contributed by atoms with Crippen molar-refractivity contribution >= 4 is 11.9 Å². The molecule has 0 aliphatic carbocycles. The van der Waals surface area contributed by atoms with Crippen molar-refractivity contribution in [1.29, 1.82) is 0 Å². The number of ether oxygens (including phenoxy) is 1. The van der Waals surface area contributed by atoms with Crippen LogP contribution in [0.4, 0.5) is 4.39 Å². The van der Waals surface area contributed by atoms with Crippen molar-refractivity contribution in [3.8, 4) is 5.75 Å². The molecule has 1 atom stereocenters. The van der Waals surface area contributed by atoms with Gasteiger partial charge in [0.05, 0.1) is 12.5 Å². The standard InChI is InChI=1S/C22H26FN3O2/c1-21(2)19(27)26(4)20(24)25-22(21,3)17-13-15(9-10-18(17)23)11-14-7-6-8-16(12-14)28-5/h6-10,12-13H,11H2,1-5H3,(H2,24,25)/t22-/m1/s1. The van der Waals surface area contributed by atoms with Gasteiger partial charge in [-0.3, -0.25) is 9.69 Å². The Labute approximate surface area is 165 Å². The second-order valence-electron chi connectivity index (χ2n) is 7.87. The van der Waals surface area contributed by atoms with Crippen LogP contribution in [-0.2, 0) is 16.8 Å². The predicted octanol–water partition coefficient (Wildman–Crippen LogP) is 3.45. The number of carbonyl (C=O) groups is 1. The molecule has 28 heavy (non-hydrogen) atoms. The highest BCUT2D eigenvalue weighted by molar-refractivity contribution is 6.01. The Kier molecular flexibility index (Phi) is 4.91. The molecule has 0 aromatic heterocycles. The number of hydrogen-bond donors (Lipinski definition) is 1. The quantitative estimate of drug-likeness (QED) is 0.879. The van der Waals surface area contributed by atoms with Crippen LogP contribution in [0.15, 0.2) is 47.5 Å². The van der Waals surface area contributed by atoms with Crippen LogP contribution in [0.5, 0.6) is 5.75 Å². The van der Waals surface area contributed by atoms with E-state index in [0.29, 0.717) is 12.0 Å². The monoisotopic (exact) mass is 383 g/mol. The highest BCUT2D eigenvalue weighted by atomic mass is 19.1. The SMILES string of the molecule is COc1cccc(Cc2ccc(F)c([C@@]3(C)N=C(N)N(C)C(=O)C3(C)C)c2)c1. The Hall–Kier alpha value is -2.89. The Morgan fingerprint density at radius 1 is 1.14 bits per heavy atom. The van der Waals surface area contributed by atoms with E-state index in [0.717, 1.165) is 16.9 Å². The van der Waals surface area contributed by atoms with Crippen LogP contribution < -0.4 is 10.5 Å². The fourth-order valence-electron chi connectivity index (χ4n) is 3.65. The Morgan fingerprint density at radius 2 is 1.82 bits per heavy atom.